The van der Waals surface area contributed by atoms with Crippen LogP contribution in [0, 0.1) is 0 Å². The van der Waals surface area contributed by atoms with Crippen LogP contribution in [0.3, 0.4) is 0 Å². The zero-order valence-electron chi connectivity index (χ0n) is 10.5. The van der Waals surface area contributed by atoms with Gasteiger partial charge < -0.3 is 5.32 Å². The van der Waals surface area contributed by atoms with Gasteiger partial charge in [0.2, 0.25) is 10.0 Å². The Bertz CT molecular complexity index is 539. The van der Waals surface area contributed by atoms with E-state index < -0.39 is 10.0 Å². The molecule has 0 heterocycles. The first-order chi connectivity index (χ1) is 8.41. The minimum absolute atomic E-state index is 0.308. The first-order valence-electron chi connectivity index (χ1n) is 5.85. The molecular formula is C12H17BrN2O2S. The summed E-state index contributed by atoms with van der Waals surface area (Å²) in [5, 5.41) is 3.40. The maximum atomic E-state index is 12.0. The molecule has 4 nitrogen and oxygen atoms in total. The predicted octanol–water partition coefficient (Wildman–Crippen LogP) is 1.95. The molecule has 2 rings (SSSR count). The molecule has 0 unspecified atom stereocenters. The summed E-state index contributed by atoms with van der Waals surface area (Å²) < 4.78 is 25.9. The van der Waals surface area contributed by atoms with Crippen molar-refractivity contribution in [2.24, 2.45) is 0 Å². The second-order valence-corrected chi connectivity index (χ2v) is 7.68. The number of hydrogen-bond acceptors (Lipinski definition) is 3. The number of sulfonamides is 1. The second-order valence-electron chi connectivity index (χ2n) is 4.71. The lowest BCUT2D eigenvalue weighted by Crippen LogP contribution is -2.22. The molecule has 1 aromatic rings. The van der Waals surface area contributed by atoms with Crippen LogP contribution in [0.2, 0.25) is 0 Å². The molecule has 0 spiro atoms. The third-order valence-electron chi connectivity index (χ3n) is 2.93. The Kier molecular flexibility index (Phi) is 4.11. The summed E-state index contributed by atoms with van der Waals surface area (Å²) in [4.78, 5) is 0.308. The lowest BCUT2D eigenvalue weighted by Gasteiger charge is -2.13. The number of halogens is 1. The fourth-order valence-corrected chi connectivity index (χ4v) is 3.59. The third kappa shape index (κ3) is 3.12. The lowest BCUT2D eigenvalue weighted by molar-refractivity contribution is 0.520. The van der Waals surface area contributed by atoms with Crippen molar-refractivity contribution >= 4 is 26.0 Å². The van der Waals surface area contributed by atoms with Gasteiger partial charge >= 0.3 is 0 Å². The molecule has 1 fully saturated rings. The van der Waals surface area contributed by atoms with Gasteiger partial charge in [-0.2, -0.15) is 0 Å². The SMILES string of the molecule is CN(C)S(=O)(=O)c1ccc(CNC2CC2)cc1Br. The van der Waals surface area contributed by atoms with Crippen LogP contribution >= 0.6 is 15.9 Å². The summed E-state index contributed by atoms with van der Waals surface area (Å²) in [5.74, 6) is 0. The van der Waals surface area contributed by atoms with Crippen LogP contribution < -0.4 is 5.32 Å². The molecule has 1 saturated carbocycles. The van der Waals surface area contributed by atoms with Gasteiger partial charge in [-0.3, -0.25) is 0 Å². The van der Waals surface area contributed by atoms with Crippen molar-refractivity contribution in [3.05, 3.63) is 28.2 Å². The summed E-state index contributed by atoms with van der Waals surface area (Å²) in [6.45, 7) is 0.783. The number of hydrogen-bond donors (Lipinski definition) is 1. The summed E-state index contributed by atoms with van der Waals surface area (Å²) in [6, 6.07) is 6.03. The molecule has 0 aliphatic heterocycles. The van der Waals surface area contributed by atoms with Gasteiger partial charge in [0.25, 0.3) is 0 Å². The van der Waals surface area contributed by atoms with Crippen LogP contribution in [0.5, 0.6) is 0 Å². The highest BCUT2D eigenvalue weighted by Gasteiger charge is 2.22. The topological polar surface area (TPSA) is 49.4 Å². The normalized spacial score (nSPS) is 16.2. The number of benzene rings is 1. The minimum Gasteiger partial charge on any atom is -0.310 e. The minimum atomic E-state index is -3.38. The molecular weight excluding hydrogens is 316 g/mol. The molecule has 6 heteroatoms. The van der Waals surface area contributed by atoms with Crippen LogP contribution in [0.4, 0.5) is 0 Å². The molecule has 0 atom stereocenters. The molecule has 1 N–H and O–H groups in total. The molecule has 100 valence electrons. The zero-order chi connectivity index (χ0) is 13.3. The molecule has 1 aliphatic carbocycles. The quantitative estimate of drug-likeness (QED) is 0.896. The van der Waals surface area contributed by atoms with Crippen LogP contribution in [-0.2, 0) is 16.6 Å². The van der Waals surface area contributed by atoms with Gasteiger partial charge in [0.1, 0.15) is 0 Å². The van der Waals surface area contributed by atoms with Crippen LogP contribution in [0.15, 0.2) is 27.6 Å². The van der Waals surface area contributed by atoms with Crippen molar-refractivity contribution in [1.29, 1.82) is 0 Å². The first kappa shape index (κ1) is 14.0. The van der Waals surface area contributed by atoms with Crippen LogP contribution in [0.1, 0.15) is 18.4 Å². The first-order valence-corrected chi connectivity index (χ1v) is 8.09. The van der Waals surface area contributed by atoms with Crippen LogP contribution in [0.25, 0.3) is 0 Å². The van der Waals surface area contributed by atoms with Crippen molar-refractivity contribution in [3.63, 3.8) is 0 Å². The summed E-state index contributed by atoms with van der Waals surface area (Å²) in [5.41, 5.74) is 1.09. The van der Waals surface area contributed by atoms with Crippen LogP contribution in [-0.4, -0.2) is 32.9 Å². The molecule has 0 saturated heterocycles. The van der Waals surface area contributed by atoms with Gasteiger partial charge in [-0.25, -0.2) is 12.7 Å². The fourth-order valence-electron chi connectivity index (χ4n) is 1.61. The Labute approximate surface area is 117 Å². The molecule has 1 aromatic carbocycles. The zero-order valence-corrected chi connectivity index (χ0v) is 12.9. The Morgan fingerprint density at radius 1 is 1.39 bits per heavy atom. The smallest absolute Gasteiger partial charge is 0.243 e. The van der Waals surface area contributed by atoms with Gasteiger partial charge in [0, 0.05) is 31.2 Å². The van der Waals surface area contributed by atoms with E-state index in [-0.39, 0.29) is 0 Å². The monoisotopic (exact) mass is 332 g/mol. The highest BCUT2D eigenvalue weighted by Crippen LogP contribution is 2.26. The summed E-state index contributed by atoms with van der Waals surface area (Å²) >= 11 is 3.34. The average Bonchev–Trinajstić information content (AvgIpc) is 3.09. The molecule has 0 amide bonds. The number of nitrogens with one attached hydrogen (secondary N) is 1. The molecule has 0 aromatic heterocycles. The molecule has 1 aliphatic rings. The van der Waals surface area contributed by atoms with Gasteiger partial charge in [0.15, 0.2) is 0 Å². The van der Waals surface area contributed by atoms with Gasteiger partial charge in [-0.15, -0.1) is 0 Å². The van der Waals surface area contributed by atoms with Gasteiger partial charge in [-0.1, -0.05) is 6.07 Å². The van der Waals surface area contributed by atoms with E-state index in [4.69, 9.17) is 0 Å². The highest BCUT2D eigenvalue weighted by atomic mass is 79.9. The predicted molar refractivity (Wildman–Crippen MR) is 74.9 cm³/mol. The maximum absolute atomic E-state index is 12.0. The fraction of sp³-hybridized carbons (Fsp3) is 0.500. The van der Waals surface area contributed by atoms with E-state index in [1.807, 2.05) is 12.1 Å². The highest BCUT2D eigenvalue weighted by molar-refractivity contribution is 9.10. The Morgan fingerprint density at radius 2 is 2.06 bits per heavy atom. The Morgan fingerprint density at radius 3 is 2.56 bits per heavy atom. The number of rotatable bonds is 5. The van der Waals surface area contributed by atoms with E-state index in [0.717, 1.165) is 12.1 Å². The third-order valence-corrected chi connectivity index (χ3v) is 5.72. The van der Waals surface area contributed by atoms with Crippen molar-refractivity contribution in [2.45, 2.75) is 30.3 Å². The van der Waals surface area contributed by atoms with Crippen molar-refractivity contribution < 1.29 is 8.42 Å². The molecule has 0 radical (unpaired) electrons. The van der Waals surface area contributed by atoms with Crippen molar-refractivity contribution in [1.82, 2.24) is 9.62 Å². The van der Waals surface area contributed by atoms with E-state index >= 15 is 0 Å². The largest absolute Gasteiger partial charge is 0.310 e. The standard InChI is InChI=1S/C12H17BrN2O2S/c1-15(2)18(16,17)12-6-3-9(7-11(12)13)8-14-10-4-5-10/h3,6-7,10,14H,4-5,8H2,1-2H3. The lowest BCUT2D eigenvalue weighted by atomic mass is 10.2. The van der Waals surface area contributed by atoms with Crippen molar-refractivity contribution in [3.8, 4) is 0 Å². The van der Waals surface area contributed by atoms with E-state index in [1.165, 1.54) is 31.2 Å². The van der Waals surface area contributed by atoms with E-state index in [1.54, 1.807) is 6.07 Å². The maximum Gasteiger partial charge on any atom is 0.243 e. The van der Waals surface area contributed by atoms with E-state index in [9.17, 15) is 8.42 Å². The summed E-state index contributed by atoms with van der Waals surface area (Å²) in [6.07, 6.45) is 2.49. The second kappa shape index (κ2) is 5.28. The van der Waals surface area contributed by atoms with Gasteiger partial charge in [-0.05, 0) is 46.5 Å². The number of nitrogens with zero attached hydrogens (tertiary/aromatic N) is 1. The Balaban J connectivity index is 2.18. The van der Waals surface area contributed by atoms with Gasteiger partial charge in [0.05, 0.1) is 4.90 Å². The summed E-state index contributed by atoms with van der Waals surface area (Å²) in [7, 11) is -0.313. The van der Waals surface area contributed by atoms with Crippen molar-refractivity contribution in [2.75, 3.05) is 14.1 Å². The van der Waals surface area contributed by atoms with E-state index in [2.05, 4.69) is 21.2 Å². The molecule has 0 bridgehead atoms. The molecule has 18 heavy (non-hydrogen) atoms. The Hall–Kier alpha value is -0.430. The van der Waals surface area contributed by atoms with E-state index in [0.29, 0.717) is 15.4 Å². The average molecular weight is 333 g/mol.